The minimum Gasteiger partial charge on any atom is -0.336 e. The minimum absolute atomic E-state index is 0.0314. The molecule has 0 aromatic heterocycles. The van der Waals surface area contributed by atoms with Gasteiger partial charge in [-0.3, -0.25) is 4.79 Å². The van der Waals surface area contributed by atoms with Crippen LogP contribution in [0.3, 0.4) is 0 Å². The van der Waals surface area contributed by atoms with E-state index >= 15 is 0 Å². The van der Waals surface area contributed by atoms with Crippen molar-refractivity contribution >= 4 is 55.8 Å². The molecule has 0 aliphatic carbocycles. The molecule has 0 radical (unpaired) electrons. The van der Waals surface area contributed by atoms with Gasteiger partial charge in [-0.1, -0.05) is 28.1 Å². The van der Waals surface area contributed by atoms with E-state index in [9.17, 15) is 4.79 Å². The van der Waals surface area contributed by atoms with E-state index in [1.54, 1.807) is 4.90 Å². The molecule has 0 N–H and O–H groups in total. The van der Waals surface area contributed by atoms with Gasteiger partial charge in [-0.15, -0.1) is 23.2 Å². The molecule has 0 saturated heterocycles. The molecule has 0 fully saturated rings. The lowest BCUT2D eigenvalue weighted by Gasteiger charge is -2.20. The fraction of sp³-hybridized carbons (Fsp3) is 0.267. The molecule has 0 heterocycles. The van der Waals surface area contributed by atoms with Gasteiger partial charge in [0.15, 0.2) is 0 Å². The number of nitrogens with zero attached hydrogens (tertiary/aromatic N) is 1. The Labute approximate surface area is 136 Å². The minimum atomic E-state index is -0.0314. The highest BCUT2D eigenvalue weighted by molar-refractivity contribution is 9.10. The summed E-state index contributed by atoms with van der Waals surface area (Å²) in [4.78, 5) is 14.1. The van der Waals surface area contributed by atoms with Crippen LogP contribution in [-0.2, 0) is 0 Å². The molecule has 2 aromatic carbocycles. The Morgan fingerprint density at radius 1 is 1.00 bits per heavy atom. The van der Waals surface area contributed by atoms with E-state index in [4.69, 9.17) is 23.2 Å². The second kappa shape index (κ2) is 7.30. The summed E-state index contributed by atoms with van der Waals surface area (Å²) in [5.74, 6) is 0.780. The first kappa shape index (κ1) is 15.6. The Bertz CT molecular complexity index is 612. The lowest BCUT2D eigenvalue weighted by atomic mass is 10.1. The van der Waals surface area contributed by atoms with E-state index < -0.39 is 0 Å². The highest BCUT2D eigenvalue weighted by Crippen LogP contribution is 2.21. The third-order valence-corrected chi connectivity index (χ3v) is 3.88. The average Bonchev–Trinajstić information content (AvgIpc) is 2.45. The van der Waals surface area contributed by atoms with Crippen molar-refractivity contribution in [1.82, 2.24) is 4.90 Å². The summed E-state index contributed by atoms with van der Waals surface area (Å²) in [5.41, 5.74) is 0.662. The van der Waals surface area contributed by atoms with Crippen LogP contribution < -0.4 is 0 Å². The van der Waals surface area contributed by atoms with Crippen LogP contribution in [0.25, 0.3) is 10.8 Å². The molecule has 2 nitrogen and oxygen atoms in total. The Balaban J connectivity index is 2.31. The smallest absolute Gasteiger partial charge is 0.253 e. The van der Waals surface area contributed by atoms with E-state index in [-0.39, 0.29) is 5.91 Å². The van der Waals surface area contributed by atoms with E-state index in [1.165, 1.54) is 0 Å². The second-order valence-electron chi connectivity index (χ2n) is 4.38. The standard InChI is InChI=1S/C15H14BrCl2NO/c16-14-4-3-11-9-13(2-1-12(11)10-14)15(20)19(7-5-17)8-6-18/h1-4,9-10H,5-8H2. The summed E-state index contributed by atoms with van der Waals surface area (Å²) in [5, 5.41) is 2.13. The molecular weight excluding hydrogens is 361 g/mol. The Morgan fingerprint density at radius 3 is 2.25 bits per heavy atom. The first-order valence-electron chi connectivity index (χ1n) is 6.26. The summed E-state index contributed by atoms with van der Waals surface area (Å²) in [6, 6.07) is 11.7. The molecule has 0 spiro atoms. The molecule has 106 valence electrons. The third kappa shape index (κ3) is 3.66. The van der Waals surface area contributed by atoms with E-state index in [0.717, 1.165) is 15.2 Å². The third-order valence-electron chi connectivity index (χ3n) is 3.05. The number of halogens is 3. The van der Waals surface area contributed by atoms with Crippen LogP contribution in [0.15, 0.2) is 40.9 Å². The summed E-state index contributed by atoms with van der Waals surface area (Å²) in [7, 11) is 0. The van der Waals surface area contributed by atoms with Crippen LogP contribution in [0.5, 0.6) is 0 Å². The maximum Gasteiger partial charge on any atom is 0.253 e. The van der Waals surface area contributed by atoms with Gasteiger partial charge in [0.25, 0.3) is 5.91 Å². The molecular formula is C15H14BrCl2NO. The molecule has 0 aliphatic heterocycles. The zero-order chi connectivity index (χ0) is 14.5. The first-order valence-corrected chi connectivity index (χ1v) is 8.12. The van der Waals surface area contributed by atoms with Gasteiger partial charge in [-0.05, 0) is 35.0 Å². The largest absolute Gasteiger partial charge is 0.336 e. The van der Waals surface area contributed by atoms with Crippen molar-refractivity contribution in [2.24, 2.45) is 0 Å². The maximum atomic E-state index is 12.4. The highest BCUT2D eigenvalue weighted by atomic mass is 79.9. The predicted molar refractivity (Wildman–Crippen MR) is 89.0 cm³/mol. The van der Waals surface area contributed by atoms with Gasteiger partial charge in [0, 0.05) is 34.9 Å². The lowest BCUT2D eigenvalue weighted by molar-refractivity contribution is 0.0775. The number of hydrogen-bond donors (Lipinski definition) is 0. The number of alkyl halides is 2. The molecule has 2 aromatic rings. The highest BCUT2D eigenvalue weighted by Gasteiger charge is 2.15. The summed E-state index contributed by atoms with van der Waals surface area (Å²) in [6.45, 7) is 1.01. The quantitative estimate of drug-likeness (QED) is 0.704. The van der Waals surface area contributed by atoms with Gasteiger partial charge in [0.2, 0.25) is 0 Å². The van der Waals surface area contributed by atoms with Crippen LogP contribution in [0, 0.1) is 0 Å². The zero-order valence-electron chi connectivity index (χ0n) is 10.8. The number of amides is 1. The topological polar surface area (TPSA) is 20.3 Å². The Hall–Kier alpha value is -0.770. The number of hydrogen-bond acceptors (Lipinski definition) is 1. The van der Waals surface area contributed by atoms with Crippen molar-refractivity contribution in [3.8, 4) is 0 Å². The van der Waals surface area contributed by atoms with Crippen molar-refractivity contribution in [2.45, 2.75) is 0 Å². The van der Waals surface area contributed by atoms with Gasteiger partial charge in [0.1, 0.15) is 0 Å². The predicted octanol–water partition coefficient (Wildman–Crippen LogP) is 4.52. The monoisotopic (exact) mass is 373 g/mol. The van der Waals surface area contributed by atoms with Gasteiger partial charge >= 0.3 is 0 Å². The first-order chi connectivity index (χ1) is 9.65. The zero-order valence-corrected chi connectivity index (χ0v) is 13.9. The fourth-order valence-electron chi connectivity index (χ4n) is 2.05. The summed E-state index contributed by atoms with van der Waals surface area (Å²) in [6.07, 6.45) is 0. The molecule has 1 amide bonds. The van der Waals surface area contributed by atoms with Gasteiger partial charge < -0.3 is 4.90 Å². The van der Waals surface area contributed by atoms with Crippen LogP contribution in [0.1, 0.15) is 10.4 Å². The molecule has 0 aliphatic rings. The molecule has 0 bridgehead atoms. The molecule has 5 heteroatoms. The molecule has 0 atom stereocenters. The van der Waals surface area contributed by atoms with Crippen LogP contribution >= 0.6 is 39.1 Å². The second-order valence-corrected chi connectivity index (χ2v) is 6.05. The lowest BCUT2D eigenvalue weighted by Crippen LogP contribution is -2.34. The number of benzene rings is 2. The van der Waals surface area contributed by atoms with Gasteiger partial charge in [-0.25, -0.2) is 0 Å². The summed E-state index contributed by atoms with van der Waals surface area (Å²) >= 11 is 14.9. The number of fused-ring (bicyclic) bond motifs is 1. The molecule has 0 saturated carbocycles. The Morgan fingerprint density at radius 2 is 1.60 bits per heavy atom. The van der Waals surface area contributed by atoms with Gasteiger partial charge in [-0.2, -0.15) is 0 Å². The van der Waals surface area contributed by atoms with Crippen LogP contribution in [0.4, 0.5) is 0 Å². The van der Waals surface area contributed by atoms with Crippen molar-refractivity contribution < 1.29 is 4.79 Å². The van der Waals surface area contributed by atoms with E-state index in [2.05, 4.69) is 15.9 Å². The molecule has 2 rings (SSSR count). The fourth-order valence-corrected chi connectivity index (χ4v) is 2.84. The molecule has 20 heavy (non-hydrogen) atoms. The van der Waals surface area contributed by atoms with Crippen molar-refractivity contribution in [3.05, 3.63) is 46.4 Å². The van der Waals surface area contributed by atoms with Crippen molar-refractivity contribution in [1.29, 1.82) is 0 Å². The van der Waals surface area contributed by atoms with Crippen LogP contribution in [-0.4, -0.2) is 35.7 Å². The van der Waals surface area contributed by atoms with Gasteiger partial charge in [0.05, 0.1) is 0 Å². The van der Waals surface area contributed by atoms with Crippen molar-refractivity contribution in [3.63, 3.8) is 0 Å². The molecule has 0 unspecified atom stereocenters. The van der Waals surface area contributed by atoms with E-state index in [0.29, 0.717) is 30.4 Å². The van der Waals surface area contributed by atoms with E-state index in [1.807, 2.05) is 36.4 Å². The normalized spacial score (nSPS) is 10.8. The SMILES string of the molecule is O=C(c1ccc2cc(Br)ccc2c1)N(CCCl)CCCl. The summed E-state index contributed by atoms with van der Waals surface area (Å²) < 4.78 is 1.02. The number of rotatable bonds is 5. The van der Waals surface area contributed by atoms with Crippen molar-refractivity contribution in [2.75, 3.05) is 24.8 Å². The van der Waals surface area contributed by atoms with Crippen LogP contribution in [0.2, 0.25) is 0 Å². The number of carbonyl (C=O) groups is 1. The number of carbonyl (C=O) groups excluding carboxylic acids is 1. The Kier molecular flexibility index (Phi) is 5.70. The average molecular weight is 375 g/mol. The maximum absolute atomic E-state index is 12.4.